The van der Waals surface area contributed by atoms with E-state index >= 15 is 0 Å². The van der Waals surface area contributed by atoms with Gasteiger partial charge in [0.15, 0.2) is 0 Å². The van der Waals surface area contributed by atoms with Crippen LogP contribution in [0.15, 0.2) is 0 Å². The Labute approximate surface area is 82.3 Å². The topological polar surface area (TPSA) is 20.3 Å². The molecule has 0 aromatic rings. The van der Waals surface area contributed by atoms with Crippen LogP contribution in [0.1, 0.15) is 47.0 Å². The molecule has 0 unspecified atom stereocenters. The van der Waals surface area contributed by atoms with E-state index in [-0.39, 0.29) is 5.54 Å². The summed E-state index contributed by atoms with van der Waals surface area (Å²) >= 11 is 0. The van der Waals surface area contributed by atoms with Gasteiger partial charge in [0.25, 0.3) is 0 Å². The molecular formula is C11H23NO. The summed E-state index contributed by atoms with van der Waals surface area (Å²) < 4.78 is 0. The second-order valence-electron chi connectivity index (χ2n) is 4.75. The lowest BCUT2D eigenvalue weighted by Gasteiger charge is -2.31. The number of rotatable bonds is 5. The van der Waals surface area contributed by atoms with Crippen molar-refractivity contribution in [1.29, 1.82) is 0 Å². The first-order valence-electron chi connectivity index (χ1n) is 5.04. The molecule has 0 heterocycles. The lowest BCUT2D eigenvalue weighted by molar-refractivity contribution is -0.117. The summed E-state index contributed by atoms with van der Waals surface area (Å²) in [5.74, 6) is 0.304. The average Bonchev–Trinajstić information content (AvgIpc) is 1.95. The van der Waals surface area contributed by atoms with E-state index < -0.39 is 0 Å². The Bertz CT molecular complexity index is 158. The predicted molar refractivity (Wildman–Crippen MR) is 56.9 cm³/mol. The van der Waals surface area contributed by atoms with Gasteiger partial charge in [-0.3, -0.25) is 0 Å². The van der Waals surface area contributed by atoms with Crippen LogP contribution in [0.2, 0.25) is 0 Å². The summed E-state index contributed by atoms with van der Waals surface area (Å²) in [5, 5.41) is 0. The van der Waals surface area contributed by atoms with Gasteiger partial charge >= 0.3 is 0 Å². The van der Waals surface area contributed by atoms with Crippen molar-refractivity contribution >= 4 is 5.78 Å². The van der Waals surface area contributed by atoms with Gasteiger partial charge in [-0.25, -0.2) is 0 Å². The van der Waals surface area contributed by atoms with Crippen LogP contribution < -0.4 is 0 Å². The van der Waals surface area contributed by atoms with E-state index in [2.05, 4.69) is 32.7 Å². The Kier molecular flexibility index (Phi) is 5.23. The van der Waals surface area contributed by atoms with Gasteiger partial charge in [0.1, 0.15) is 5.78 Å². The van der Waals surface area contributed by atoms with E-state index in [0.29, 0.717) is 5.78 Å². The smallest absolute Gasteiger partial charge is 0.129 e. The van der Waals surface area contributed by atoms with Crippen LogP contribution in [0.4, 0.5) is 0 Å². The van der Waals surface area contributed by atoms with Crippen LogP contribution in [-0.2, 0) is 4.79 Å². The van der Waals surface area contributed by atoms with Gasteiger partial charge in [-0.2, -0.15) is 0 Å². The Morgan fingerprint density at radius 3 is 2.15 bits per heavy atom. The van der Waals surface area contributed by atoms with Crippen molar-refractivity contribution in [3.63, 3.8) is 0 Å². The summed E-state index contributed by atoms with van der Waals surface area (Å²) in [7, 11) is 2.13. The van der Waals surface area contributed by atoms with Crippen LogP contribution in [0.3, 0.4) is 0 Å². The quantitative estimate of drug-likeness (QED) is 0.613. The van der Waals surface area contributed by atoms with Crippen molar-refractivity contribution < 1.29 is 4.79 Å². The SMILES string of the molecule is CC(=O)CCCCN(C)C(C)(C)C. The molecule has 2 heteroatoms. The van der Waals surface area contributed by atoms with Crippen molar-refractivity contribution in [2.24, 2.45) is 0 Å². The summed E-state index contributed by atoms with van der Waals surface area (Å²) in [4.78, 5) is 13.0. The first kappa shape index (κ1) is 12.6. The van der Waals surface area contributed by atoms with Crippen LogP contribution in [0.25, 0.3) is 0 Å². The lowest BCUT2D eigenvalue weighted by Crippen LogP contribution is -2.38. The molecule has 0 aromatic heterocycles. The first-order chi connectivity index (χ1) is 5.84. The Balaban J connectivity index is 3.49. The molecule has 2 nitrogen and oxygen atoms in total. The molecule has 0 saturated heterocycles. The van der Waals surface area contributed by atoms with E-state index in [9.17, 15) is 4.79 Å². The molecule has 0 fully saturated rings. The monoisotopic (exact) mass is 185 g/mol. The largest absolute Gasteiger partial charge is 0.302 e. The van der Waals surface area contributed by atoms with Gasteiger partial charge in [0.2, 0.25) is 0 Å². The second kappa shape index (κ2) is 5.38. The molecule has 0 bridgehead atoms. The molecule has 0 radical (unpaired) electrons. The molecule has 0 atom stereocenters. The van der Waals surface area contributed by atoms with E-state index in [1.807, 2.05) is 0 Å². The number of Topliss-reactive ketones (excluding diaryl/α,β-unsaturated/α-hetero) is 1. The van der Waals surface area contributed by atoms with Gasteiger partial charge in [-0.05, 0) is 54.1 Å². The highest BCUT2D eigenvalue weighted by molar-refractivity contribution is 5.75. The van der Waals surface area contributed by atoms with E-state index in [1.54, 1.807) is 6.92 Å². The predicted octanol–water partition coefficient (Wildman–Crippen LogP) is 2.48. The van der Waals surface area contributed by atoms with Gasteiger partial charge in [0.05, 0.1) is 0 Å². The maximum atomic E-state index is 10.7. The molecule has 0 spiro atoms. The van der Waals surface area contributed by atoms with Gasteiger partial charge in [-0.1, -0.05) is 0 Å². The molecule has 0 rings (SSSR count). The highest BCUT2D eigenvalue weighted by atomic mass is 16.1. The summed E-state index contributed by atoms with van der Waals surface area (Å²) in [5.41, 5.74) is 0.246. The highest BCUT2D eigenvalue weighted by Crippen LogP contribution is 2.11. The zero-order valence-electron chi connectivity index (χ0n) is 9.68. The fourth-order valence-corrected chi connectivity index (χ4v) is 1.06. The third-order valence-corrected chi connectivity index (χ3v) is 2.42. The number of carbonyl (C=O) groups is 1. The normalized spacial score (nSPS) is 12.2. The number of hydrogen-bond donors (Lipinski definition) is 0. The zero-order chi connectivity index (χ0) is 10.5. The van der Waals surface area contributed by atoms with Crippen molar-refractivity contribution in [1.82, 2.24) is 4.90 Å². The molecule has 0 aliphatic heterocycles. The van der Waals surface area contributed by atoms with Gasteiger partial charge in [-0.15, -0.1) is 0 Å². The summed E-state index contributed by atoms with van der Waals surface area (Å²) in [6.45, 7) is 9.36. The van der Waals surface area contributed by atoms with Crippen LogP contribution in [-0.4, -0.2) is 29.8 Å². The van der Waals surface area contributed by atoms with E-state index in [1.165, 1.54) is 0 Å². The minimum Gasteiger partial charge on any atom is -0.302 e. The fraction of sp³-hybridized carbons (Fsp3) is 0.909. The van der Waals surface area contributed by atoms with E-state index in [4.69, 9.17) is 0 Å². The van der Waals surface area contributed by atoms with Crippen molar-refractivity contribution in [2.75, 3.05) is 13.6 Å². The summed E-state index contributed by atoms with van der Waals surface area (Å²) in [6, 6.07) is 0. The molecule has 0 aromatic carbocycles. The Morgan fingerprint density at radius 2 is 1.77 bits per heavy atom. The van der Waals surface area contributed by atoms with Gasteiger partial charge < -0.3 is 9.69 Å². The molecule has 78 valence electrons. The van der Waals surface area contributed by atoms with Crippen LogP contribution >= 0.6 is 0 Å². The number of ketones is 1. The molecule has 0 amide bonds. The number of unbranched alkanes of at least 4 members (excludes halogenated alkanes) is 1. The second-order valence-corrected chi connectivity index (χ2v) is 4.75. The summed E-state index contributed by atoms with van der Waals surface area (Å²) in [6.07, 6.45) is 2.88. The molecular weight excluding hydrogens is 162 g/mol. The third kappa shape index (κ3) is 6.76. The fourth-order valence-electron chi connectivity index (χ4n) is 1.06. The van der Waals surface area contributed by atoms with Crippen molar-refractivity contribution in [3.8, 4) is 0 Å². The Hall–Kier alpha value is -0.370. The standard InChI is InChI=1S/C11H23NO/c1-10(13)8-6-7-9-12(5)11(2,3)4/h6-9H2,1-5H3. The molecule has 0 aliphatic carbocycles. The molecule has 13 heavy (non-hydrogen) atoms. The maximum Gasteiger partial charge on any atom is 0.129 e. The first-order valence-corrected chi connectivity index (χ1v) is 5.04. The van der Waals surface area contributed by atoms with Crippen LogP contribution in [0.5, 0.6) is 0 Å². The molecule has 0 saturated carbocycles. The Morgan fingerprint density at radius 1 is 1.23 bits per heavy atom. The molecule has 0 N–H and O–H groups in total. The number of nitrogens with zero attached hydrogens (tertiary/aromatic N) is 1. The number of hydrogen-bond acceptors (Lipinski definition) is 2. The van der Waals surface area contributed by atoms with Crippen LogP contribution in [0, 0.1) is 0 Å². The highest BCUT2D eigenvalue weighted by Gasteiger charge is 2.15. The van der Waals surface area contributed by atoms with Crippen molar-refractivity contribution in [3.05, 3.63) is 0 Å². The minimum absolute atomic E-state index is 0.246. The minimum atomic E-state index is 0.246. The zero-order valence-corrected chi connectivity index (χ0v) is 9.68. The lowest BCUT2D eigenvalue weighted by atomic mass is 10.1. The molecule has 0 aliphatic rings. The third-order valence-electron chi connectivity index (χ3n) is 2.42. The van der Waals surface area contributed by atoms with Gasteiger partial charge in [0, 0.05) is 12.0 Å². The van der Waals surface area contributed by atoms with Crippen molar-refractivity contribution in [2.45, 2.75) is 52.5 Å². The maximum absolute atomic E-state index is 10.7. The number of carbonyl (C=O) groups excluding carboxylic acids is 1. The van der Waals surface area contributed by atoms with E-state index in [0.717, 1.165) is 25.8 Å². The average molecular weight is 185 g/mol.